The molecule has 0 amide bonds. The summed E-state index contributed by atoms with van der Waals surface area (Å²) in [6.07, 6.45) is -1.56. The molecule has 0 bridgehead atoms. The SMILES string of the molecule is COCC(=O)c1ccc(C(O)C(=O)O)cc1. The second-order valence-corrected chi connectivity index (χ2v) is 3.22. The normalized spacial score (nSPS) is 12.1. The first kappa shape index (κ1) is 12.4. The van der Waals surface area contributed by atoms with E-state index < -0.39 is 12.1 Å². The minimum atomic E-state index is -1.56. The number of carbonyl (C=O) groups is 2. The molecule has 0 spiro atoms. The van der Waals surface area contributed by atoms with Crippen LogP contribution in [0.15, 0.2) is 24.3 Å². The van der Waals surface area contributed by atoms with Crippen LogP contribution in [-0.2, 0) is 9.53 Å². The Labute approximate surface area is 92.3 Å². The van der Waals surface area contributed by atoms with Crippen molar-refractivity contribution in [3.05, 3.63) is 35.4 Å². The molecule has 5 heteroatoms. The van der Waals surface area contributed by atoms with Gasteiger partial charge in [-0.1, -0.05) is 24.3 Å². The molecule has 1 unspecified atom stereocenters. The van der Waals surface area contributed by atoms with Crippen LogP contribution in [0.4, 0.5) is 0 Å². The highest BCUT2D eigenvalue weighted by molar-refractivity contribution is 5.97. The zero-order chi connectivity index (χ0) is 12.1. The molecule has 0 radical (unpaired) electrons. The predicted molar refractivity (Wildman–Crippen MR) is 55.2 cm³/mol. The van der Waals surface area contributed by atoms with E-state index in [1.54, 1.807) is 0 Å². The number of hydrogen-bond acceptors (Lipinski definition) is 4. The van der Waals surface area contributed by atoms with Crippen molar-refractivity contribution in [1.82, 2.24) is 0 Å². The Morgan fingerprint density at radius 3 is 2.31 bits per heavy atom. The lowest BCUT2D eigenvalue weighted by Gasteiger charge is -2.06. The number of carbonyl (C=O) groups excluding carboxylic acids is 1. The number of ether oxygens (including phenoxy) is 1. The highest BCUT2D eigenvalue weighted by Gasteiger charge is 2.16. The van der Waals surface area contributed by atoms with E-state index in [-0.39, 0.29) is 18.0 Å². The van der Waals surface area contributed by atoms with Crippen LogP contribution < -0.4 is 0 Å². The third kappa shape index (κ3) is 2.88. The summed E-state index contributed by atoms with van der Waals surface area (Å²) in [4.78, 5) is 21.8. The predicted octanol–water partition coefficient (Wildman–Crippen LogP) is 0.634. The Kier molecular flexibility index (Phi) is 4.16. The molecule has 0 saturated heterocycles. The highest BCUT2D eigenvalue weighted by Crippen LogP contribution is 2.14. The summed E-state index contributed by atoms with van der Waals surface area (Å²) in [6.45, 7) is -0.0270. The third-order valence-electron chi connectivity index (χ3n) is 2.06. The Morgan fingerprint density at radius 1 is 1.31 bits per heavy atom. The quantitative estimate of drug-likeness (QED) is 0.717. The van der Waals surface area contributed by atoms with Crippen molar-refractivity contribution in [3.8, 4) is 0 Å². The largest absolute Gasteiger partial charge is 0.479 e. The Bertz CT molecular complexity index is 382. The van der Waals surface area contributed by atoms with Gasteiger partial charge in [-0.3, -0.25) is 4.79 Å². The molecule has 0 aromatic heterocycles. The van der Waals surface area contributed by atoms with E-state index in [9.17, 15) is 14.7 Å². The minimum Gasteiger partial charge on any atom is -0.479 e. The number of aliphatic hydroxyl groups excluding tert-OH is 1. The van der Waals surface area contributed by atoms with Gasteiger partial charge >= 0.3 is 5.97 Å². The number of carboxylic acid groups (broad SMARTS) is 1. The Hall–Kier alpha value is -1.72. The van der Waals surface area contributed by atoms with Crippen molar-refractivity contribution in [1.29, 1.82) is 0 Å². The topological polar surface area (TPSA) is 83.8 Å². The fraction of sp³-hybridized carbons (Fsp3) is 0.273. The summed E-state index contributed by atoms with van der Waals surface area (Å²) < 4.78 is 4.68. The third-order valence-corrected chi connectivity index (χ3v) is 2.06. The van der Waals surface area contributed by atoms with E-state index in [2.05, 4.69) is 4.74 Å². The molecule has 0 aliphatic heterocycles. The molecule has 16 heavy (non-hydrogen) atoms. The molecule has 0 aliphatic carbocycles. The summed E-state index contributed by atoms with van der Waals surface area (Å²) in [6, 6.07) is 5.73. The standard InChI is InChI=1S/C11H12O5/c1-16-6-9(12)7-2-4-8(5-3-7)10(13)11(14)15/h2-5,10,13H,6H2,1H3,(H,14,15). The zero-order valence-electron chi connectivity index (χ0n) is 8.71. The van der Waals surface area contributed by atoms with Crippen LogP contribution in [0.3, 0.4) is 0 Å². The van der Waals surface area contributed by atoms with Gasteiger partial charge in [0.15, 0.2) is 11.9 Å². The Morgan fingerprint density at radius 2 is 1.88 bits per heavy atom. The van der Waals surface area contributed by atoms with E-state index in [0.29, 0.717) is 5.56 Å². The van der Waals surface area contributed by atoms with Gasteiger partial charge in [-0.15, -0.1) is 0 Å². The first-order valence-corrected chi connectivity index (χ1v) is 4.59. The molecule has 86 valence electrons. The molecule has 1 aromatic rings. The molecule has 1 rings (SSSR count). The summed E-state index contributed by atoms with van der Waals surface area (Å²) in [5.74, 6) is -1.52. The Balaban J connectivity index is 2.83. The maximum absolute atomic E-state index is 11.4. The van der Waals surface area contributed by atoms with E-state index in [1.165, 1.54) is 31.4 Å². The van der Waals surface area contributed by atoms with Crippen LogP contribution in [0, 0.1) is 0 Å². The minimum absolute atomic E-state index is 0.0270. The van der Waals surface area contributed by atoms with Crippen LogP contribution in [0.1, 0.15) is 22.0 Å². The fourth-order valence-electron chi connectivity index (χ4n) is 1.21. The van der Waals surface area contributed by atoms with Gasteiger partial charge in [0.05, 0.1) is 0 Å². The van der Waals surface area contributed by atoms with Crippen molar-refractivity contribution in [2.24, 2.45) is 0 Å². The maximum Gasteiger partial charge on any atom is 0.337 e. The molecular formula is C11H12O5. The van der Waals surface area contributed by atoms with Gasteiger partial charge in [-0.2, -0.15) is 0 Å². The average molecular weight is 224 g/mol. The van der Waals surface area contributed by atoms with Gasteiger partial charge in [0.25, 0.3) is 0 Å². The molecule has 0 saturated carbocycles. The molecule has 5 nitrogen and oxygen atoms in total. The van der Waals surface area contributed by atoms with Gasteiger partial charge in [-0.25, -0.2) is 4.79 Å². The lowest BCUT2D eigenvalue weighted by molar-refractivity contribution is -0.146. The first-order chi connectivity index (χ1) is 7.56. The van der Waals surface area contributed by atoms with Crippen molar-refractivity contribution in [3.63, 3.8) is 0 Å². The maximum atomic E-state index is 11.4. The van der Waals surface area contributed by atoms with Crippen molar-refractivity contribution in [2.75, 3.05) is 13.7 Å². The summed E-state index contributed by atoms with van der Waals surface area (Å²) in [5, 5.41) is 17.8. The monoisotopic (exact) mass is 224 g/mol. The van der Waals surface area contributed by atoms with Gasteiger partial charge in [0, 0.05) is 12.7 Å². The number of ketones is 1. The van der Waals surface area contributed by atoms with Crippen molar-refractivity contribution < 1.29 is 24.5 Å². The molecule has 0 heterocycles. The smallest absolute Gasteiger partial charge is 0.337 e. The summed E-state index contributed by atoms with van der Waals surface area (Å²) in [5.41, 5.74) is 0.657. The van der Waals surface area contributed by atoms with Crippen LogP contribution in [0.25, 0.3) is 0 Å². The first-order valence-electron chi connectivity index (χ1n) is 4.59. The van der Waals surface area contributed by atoms with Gasteiger partial charge in [0.1, 0.15) is 6.61 Å². The zero-order valence-corrected chi connectivity index (χ0v) is 8.71. The van der Waals surface area contributed by atoms with Gasteiger partial charge in [-0.05, 0) is 5.56 Å². The van der Waals surface area contributed by atoms with Crippen LogP contribution in [0.5, 0.6) is 0 Å². The number of benzene rings is 1. The van der Waals surface area contributed by atoms with E-state index in [1.807, 2.05) is 0 Å². The number of Topliss-reactive ketones (excluding diaryl/α,β-unsaturated/α-hetero) is 1. The summed E-state index contributed by atoms with van der Waals surface area (Å²) in [7, 11) is 1.42. The van der Waals surface area contributed by atoms with E-state index in [0.717, 1.165) is 0 Å². The molecule has 0 fully saturated rings. The lowest BCUT2D eigenvalue weighted by atomic mass is 10.1. The van der Waals surface area contributed by atoms with Crippen molar-refractivity contribution >= 4 is 11.8 Å². The number of hydrogen-bond donors (Lipinski definition) is 2. The molecule has 0 aliphatic rings. The van der Waals surface area contributed by atoms with Crippen LogP contribution in [0.2, 0.25) is 0 Å². The summed E-state index contributed by atoms with van der Waals surface area (Å²) >= 11 is 0. The number of aliphatic hydroxyl groups is 1. The molecule has 1 aromatic carbocycles. The number of methoxy groups -OCH3 is 1. The molecule has 2 N–H and O–H groups in total. The van der Waals surface area contributed by atoms with Crippen LogP contribution >= 0.6 is 0 Å². The van der Waals surface area contributed by atoms with E-state index in [4.69, 9.17) is 5.11 Å². The second kappa shape index (κ2) is 5.39. The molecule has 1 atom stereocenters. The van der Waals surface area contributed by atoms with Gasteiger partial charge < -0.3 is 14.9 Å². The highest BCUT2D eigenvalue weighted by atomic mass is 16.5. The van der Waals surface area contributed by atoms with Crippen molar-refractivity contribution in [2.45, 2.75) is 6.10 Å². The number of carboxylic acids is 1. The van der Waals surface area contributed by atoms with E-state index >= 15 is 0 Å². The van der Waals surface area contributed by atoms with Gasteiger partial charge in [0.2, 0.25) is 0 Å². The average Bonchev–Trinajstić information content (AvgIpc) is 2.28. The lowest BCUT2D eigenvalue weighted by Crippen LogP contribution is -2.11. The van der Waals surface area contributed by atoms with Crippen LogP contribution in [-0.4, -0.2) is 35.7 Å². The number of aliphatic carboxylic acids is 1. The second-order valence-electron chi connectivity index (χ2n) is 3.22. The number of rotatable bonds is 5. The molecular weight excluding hydrogens is 212 g/mol. The fourth-order valence-corrected chi connectivity index (χ4v) is 1.21.